The van der Waals surface area contributed by atoms with Gasteiger partial charge in [-0.25, -0.2) is 22.0 Å². The molecule has 1 rings (SSSR count). The van der Waals surface area contributed by atoms with Crippen LogP contribution in [0.3, 0.4) is 0 Å². The molecule has 0 saturated heterocycles. The SMILES string of the molecule is NS(=O)(=O)CCS(=O)(=O)c1ccc([N+](=O)[O-])cc1. The van der Waals surface area contributed by atoms with Crippen molar-refractivity contribution in [3.05, 3.63) is 34.4 Å². The summed E-state index contributed by atoms with van der Waals surface area (Å²) < 4.78 is 44.7. The van der Waals surface area contributed by atoms with Crippen molar-refractivity contribution < 1.29 is 21.8 Å². The number of nitrogens with zero attached hydrogens (tertiary/aromatic N) is 1. The molecule has 0 aliphatic rings. The number of nitro groups is 1. The van der Waals surface area contributed by atoms with Gasteiger partial charge in [-0.1, -0.05) is 0 Å². The van der Waals surface area contributed by atoms with Gasteiger partial charge in [0.25, 0.3) is 5.69 Å². The average molecular weight is 294 g/mol. The van der Waals surface area contributed by atoms with E-state index in [0.717, 1.165) is 24.3 Å². The minimum absolute atomic E-state index is 0.184. The minimum atomic E-state index is -3.87. The number of nitrogens with two attached hydrogens (primary N) is 1. The summed E-state index contributed by atoms with van der Waals surface area (Å²) in [5.41, 5.74) is -0.250. The van der Waals surface area contributed by atoms with Crippen molar-refractivity contribution in [1.29, 1.82) is 0 Å². The van der Waals surface area contributed by atoms with Crippen LogP contribution in [0.1, 0.15) is 0 Å². The predicted octanol–water partition coefficient (Wildman–Crippen LogP) is -0.343. The Morgan fingerprint density at radius 3 is 1.94 bits per heavy atom. The van der Waals surface area contributed by atoms with E-state index in [1.54, 1.807) is 0 Å². The topological polar surface area (TPSA) is 137 Å². The van der Waals surface area contributed by atoms with Crippen LogP contribution in [0, 0.1) is 10.1 Å². The lowest BCUT2D eigenvalue weighted by atomic mass is 10.3. The summed E-state index contributed by atoms with van der Waals surface area (Å²) in [6.07, 6.45) is 0. The molecule has 0 saturated carbocycles. The Balaban J connectivity index is 2.96. The molecule has 1 aromatic carbocycles. The molecule has 0 bridgehead atoms. The molecule has 0 radical (unpaired) electrons. The summed E-state index contributed by atoms with van der Waals surface area (Å²) in [6, 6.07) is 4.17. The Morgan fingerprint density at radius 1 is 1.06 bits per heavy atom. The largest absolute Gasteiger partial charge is 0.269 e. The van der Waals surface area contributed by atoms with Gasteiger partial charge in [-0.2, -0.15) is 0 Å². The van der Waals surface area contributed by atoms with Gasteiger partial charge in [-0.15, -0.1) is 0 Å². The van der Waals surface area contributed by atoms with Crippen LogP contribution in [0.2, 0.25) is 0 Å². The van der Waals surface area contributed by atoms with E-state index >= 15 is 0 Å². The van der Waals surface area contributed by atoms with Crippen LogP contribution in [0.5, 0.6) is 0 Å². The second-order valence-corrected chi connectivity index (χ2v) is 7.28. The van der Waals surface area contributed by atoms with Crippen molar-refractivity contribution in [2.24, 2.45) is 5.14 Å². The standard InChI is InChI=1S/C8H10N2O6S2/c9-18(15,16)6-5-17(13,14)8-3-1-7(2-4-8)10(11)12/h1-4H,5-6H2,(H2,9,15,16). The first-order chi connectivity index (χ1) is 8.12. The third kappa shape index (κ3) is 4.05. The van der Waals surface area contributed by atoms with Gasteiger partial charge in [0.15, 0.2) is 9.84 Å². The van der Waals surface area contributed by atoms with E-state index in [1.165, 1.54) is 0 Å². The van der Waals surface area contributed by atoms with Crippen molar-refractivity contribution in [3.8, 4) is 0 Å². The Kier molecular flexibility index (Phi) is 4.04. The molecule has 0 atom stereocenters. The summed E-state index contributed by atoms with van der Waals surface area (Å²) in [5, 5.41) is 15.1. The normalized spacial score (nSPS) is 12.3. The number of sulfone groups is 1. The number of primary sulfonamides is 1. The molecule has 0 spiro atoms. The third-order valence-electron chi connectivity index (χ3n) is 2.04. The van der Waals surface area contributed by atoms with Gasteiger partial charge in [0.05, 0.1) is 21.3 Å². The predicted molar refractivity (Wildman–Crippen MR) is 63.1 cm³/mol. The molecular formula is C8H10N2O6S2. The van der Waals surface area contributed by atoms with Crippen molar-refractivity contribution in [2.75, 3.05) is 11.5 Å². The van der Waals surface area contributed by atoms with Gasteiger partial charge < -0.3 is 0 Å². The summed E-state index contributed by atoms with van der Waals surface area (Å²) in [5.74, 6) is -1.37. The van der Waals surface area contributed by atoms with Gasteiger partial charge in [0, 0.05) is 12.1 Å². The second-order valence-electron chi connectivity index (χ2n) is 3.44. The molecule has 100 valence electrons. The lowest BCUT2D eigenvalue weighted by Gasteiger charge is -2.03. The molecule has 0 heterocycles. The quantitative estimate of drug-likeness (QED) is 0.582. The van der Waals surface area contributed by atoms with E-state index in [2.05, 4.69) is 0 Å². The Morgan fingerprint density at radius 2 is 1.56 bits per heavy atom. The van der Waals surface area contributed by atoms with Gasteiger partial charge in [0.2, 0.25) is 10.0 Å². The lowest BCUT2D eigenvalue weighted by molar-refractivity contribution is -0.384. The first kappa shape index (κ1) is 14.5. The summed E-state index contributed by atoms with van der Waals surface area (Å²) in [4.78, 5) is 9.53. The Labute approximate surface area is 104 Å². The van der Waals surface area contributed by atoms with E-state index in [4.69, 9.17) is 5.14 Å². The van der Waals surface area contributed by atoms with Gasteiger partial charge in [0.1, 0.15) is 0 Å². The number of hydrogen-bond donors (Lipinski definition) is 1. The highest BCUT2D eigenvalue weighted by Crippen LogP contribution is 2.16. The van der Waals surface area contributed by atoms with E-state index in [-0.39, 0.29) is 10.6 Å². The van der Waals surface area contributed by atoms with Gasteiger partial charge in [-0.3, -0.25) is 10.1 Å². The minimum Gasteiger partial charge on any atom is -0.258 e. The van der Waals surface area contributed by atoms with Crippen LogP contribution in [0.15, 0.2) is 29.2 Å². The van der Waals surface area contributed by atoms with Gasteiger partial charge in [-0.05, 0) is 12.1 Å². The number of hydrogen-bond acceptors (Lipinski definition) is 6. The maximum absolute atomic E-state index is 11.7. The van der Waals surface area contributed by atoms with Crippen LogP contribution >= 0.6 is 0 Å². The first-order valence-electron chi connectivity index (χ1n) is 4.59. The van der Waals surface area contributed by atoms with E-state index in [0.29, 0.717) is 0 Å². The van der Waals surface area contributed by atoms with Crippen molar-refractivity contribution in [2.45, 2.75) is 4.90 Å². The number of nitro benzene ring substituents is 1. The fourth-order valence-electron chi connectivity index (χ4n) is 1.12. The third-order valence-corrected chi connectivity index (χ3v) is 4.81. The number of sulfonamides is 1. The molecule has 2 N–H and O–H groups in total. The van der Waals surface area contributed by atoms with E-state index in [1.807, 2.05) is 0 Å². The van der Waals surface area contributed by atoms with Crippen molar-refractivity contribution in [1.82, 2.24) is 0 Å². The smallest absolute Gasteiger partial charge is 0.258 e. The Bertz CT molecular complexity index is 647. The number of rotatable bonds is 5. The molecular weight excluding hydrogens is 284 g/mol. The average Bonchev–Trinajstić information content (AvgIpc) is 2.26. The highest BCUT2D eigenvalue weighted by atomic mass is 32.2. The van der Waals surface area contributed by atoms with E-state index in [9.17, 15) is 26.9 Å². The molecule has 8 nitrogen and oxygen atoms in total. The number of benzene rings is 1. The molecule has 1 aromatic rings. The maximum Gasteiger partial charge on any atom is 0.269 e. The van der Waals surface area contributed by atoms with Gasteiger partial charge >= 0.3 is 0 Å². The van der Waals surface area contributed by atoms with Crippen LogP contribution in [-0.4, -0.2) is 33.3 Å². The molecule has 0 fully saturated rings. The van der Waals surface area contributed by atoms with Crippen LogP contribution in [-0.2, 0) is 19.9 Å². The summed E-state index contributed by atoms with van der Waals surface area (Å²) >= 11 is 0. The fourth-order valence-corrected chi connectivity index (χ4v) is 3.71. The second kappa shape index (κ2) is 5.00. The van der Waals surface area contributed by atoms with E-state index < -0.39 is 36.3 Å². The van der Waals surface area contributed by atoms with Crippen LogP contribution < -0.4 is 5.14 Å². The van der Waals surface area contributed by atoms with Crippen LogP contribution in [0.25, 0.3) is 0 Å². The zero-order chi connectivity index (χ0) is 14.0. The highest BCUT2D eigenvalue weighted by molar-refractivity contribution is 7.94. The maximum atomic E-state index is 11.7. The molecule has 0 aliphatic heterocycles. The first-order valence-corrected chi connectivity index (χ1v) is 7.96. The molecule has 0 unspecified atom stereocenters. The molecule has 0 amide bonds. The molecule has 0 aromatic heterocycles. The van der Waals surface area contributed by atoms with Crippen molar-refractivity contribution in [3.63, 3.8) is 0 Å². The summed E-state index contributed by atoms with van der Waals surface area (Å²) in [6.45, 7) is 0. The molecule has 0 aliphatic carbocycles. The number of non-ortho nitro benzene ring substituents is 1. The Hall–Kier alpha value is -1.52. The lowest BCUT2D eigenvalue weighted by Crippen LogP contribution is -2.23. The highest BCUT2D eigenvalue weighted by Gasteiger charge is 2.18. The van der Waals surface area contributed by atoms with Crippen molar-refractivity contribution >= 4 is 25.5 Å². The fraction of sp³-hybridized carbons (Fsp3) is 0.250. The summed E-state index contributed by atoms with van der Waals surface area (Å²) in [7, 11) is -7.69. The zero-order valence-electron chi connectivity index (χ0n) is 9.01. The van der Waals surface area contributed by atoms with Crippen LogP contribution in [0.4, 0.5) is 5.69 Å². The monoisotopic (exact) mass is 294 g/mol. The zero-order valence-corrected chi connectivity index (χ0v) is 10.6. The molecule has 18 heavy (non-hydrogen) atoms. The molecule has 10 heteroatoms.